The maximum Gasteiger partial charge on any atom is 0.0351 e. The average Bonchev–Trinajstić information content (AvgIpc) is 2.78. The lowest BCUT2D eigenvalue weighted by Crippen LogP contribution is -2.03. The Morgan fingerprint density at radius 1 is 1.38 bits per heavy atom. The quantitative estimate of drug-likeness (QED) is 0.321. The highest BCUT2D eigenvalue weighted by atomic mass is 14.4. The third kappa shape index (κ3) is 6.86. The second-order valence-corrected chi connectivity index (χ2v) is 6.87. The van der Waals surface area contributed by atoms with Gasteiger partial charge in [0.05, 0.1) is 0 Å². The Bertz CT molecular complexity index is 555. The molecule has 24 heavy (non-hydrogen) atoms. The summed E-state index contributed by atoms with van der Waals surface area (Å²) in [5.74, 6) is 0.794. The summed E-state index contributed by atoms with van der Waals surface area (Å²) in [6.07, 6.45) is 19.5. The molecule has 1 aliphatic rings. The maximum absolute atomic E-state index is 7.75. The molecule has 0 saturated heterocycles. The number of allylic oxidation sites excluding steroid dienone is 9. The summed E-state index contributed by atoms with van der Waals surface area (Å²) in [6, 6.07) is 0. The van der Waals surface area contributed by atoms with Crippen molar-refractivity contribution in [3.63, 3.8) is 0 Å². The third-order valence-electron chi connectivity index (χ3n) is 5.14. The van der Waals surface area contributed by atoms with Crippen molar-refractivity contribution in [2.75, 3.05) is 0 Å². The van der Waals surface area contributed by atoms with E-state index in [1.165, 1.54) is 48.8 Å². The summed E-state index contributed by atoms with van der Waals surface area (Å²) < 4.78 is 0. The Balaban J connectivity index is 2.44. The predicted octanol–water partition coefficient (Wildman–Crippen LogP) is 7.34. The Labute approximate surface area is 149 Å². The van der Waals surface area contributed by atoms with Crippen LogP contribution in [-0.2, 0) is 0 Å². The fraction of sp³-hybridized carbons (Fsp3) is 0.522. The van der Waals surface area contributed by atoms with Crippen molar-refractivity contribution in [1.29, 1.82) is 5.41 Å². The zero-order valence-electron chi connectivity index (χ0n) is 16.1. The Hall–Kier alpha value is -1.63. The molecular formula is C23H35N. The van der Waals surface area contributed by atoms with E-state index in [1.54, 1.807) is 0 Å². The second-order valence-electron chi connectivity index (χ2n) is 6.87. The fourth-order valence-electron chi connectivity index (χ4n) is 3.27. The molecule has 0 saturated carbocycles. The molecule has 0 aromatic heterocycles. The van der Waals surface area contributed by atoms with Crippen LogP contribution in [-0.4, -0.2) is 5.71 Å². The molecule has 1 rings (SSSR count). The van der Waals surface area contributed by atoms with Gasteiger partial charge in [0.1, 0.15) is 0 Å². The van der Waals surface area contributed by atoms with E-state index in [1.807, 2.05) is 6.92 Å². The first kappa shape index (κ1) is 20.4. The van der Waals surface area contributed by atoms with E-state index in [-0.39, 0.29) is 0 Å². The molecule has 1 atom stereocenters. The van der Waals surface area contributed by atoms with Crippen LogP contribution in [0.3, 0.4) is 0 Å². The van der Waals surface area contributed by atoms with Gasteiger partial charge in [-0.25, -0.2) is 0 Å². The van der Waals surface area contributed by atoms with E-state index in [2.05, 4.69) is 57.7 Å². The van der Waals surface area contributed by atoms with Crippen LogP contribution in [0.4, 0.5) is 0 Å². The van der Waals surface area contributed by atoms with Gasteiger partial charge in [0.15, 0.2) is 0 Å². The SMILES string of the molecule is C=C(C(C)=N)/C(=C\C)CCCC(CC)CCC1=CCC=CC=C1C. The van der Waals surface area contributed by atoms with E-state index in [9.17, 15) is 0 Å². The van der Waals surface area contributed by atoms with Gasteiger partial charge in [-0.05, 0) is 81.1 Å². The molecule has 1 aliphatic carbocycles. The summed E-state index contributed by atoms with van der Waals surface area (Å²) >= 11 is 0. The van der Waals surface area contributed by atoms with Crippen LogP contribution in [0.25, 0.3) is 0 Å². The standard InChI is InChI=1S/C23H35N/c1-6-21(13-11-15-22(7-2)19(4)20(5)24)16-17-23-14-10-8-9-12-18(23)3/h7-9,12,14,21,24H,4,6,10-11,13,15-17H2,1-3,5H3/b22-7-,24-20?. The minimum Gasteiger partial charge on any atom is -0.305 e. The summed E-state index contributed by atoms with van der Waals surface area (Å²) in [5, 5.41) is 7.75. The predicted molar refractivity (Wildman–Crippen MR) is 109 cm³/mol. The number of hydrogen-bond acceptors (Lipinski definition) is 1. The minimum absolute atomic E-state index is 0.589. The smallest absolute Gasteiger partial charge is 0.0351 e. The van der Waals surface area contributed by atoms with Gasteiger partial charge in [-0.1, -0.05) is 56.7 Å². The first-order chi connectivity index (χ1) is 11.5. The summed E-state index contributed by atoms with van der Waals surface area (Å²) in [6.45, 7) is 12.5. The minimum atomic E-state index is 0.589. The van der Waals surface area contributed by atoms with Crippen molar-refractivity contribution in [1.82, 2.24) is 0 Å². The third-order valence-corrected chi connectivity index (χ3v) is 5.14. The van der Waals surface area contributed by atoms with Crippen LogP contribution < -0.4 is 0 Å². The number of nitrogens with one attached hydrogen (secondary N) is 1. The van der Waals surface area contributed by atoms with E-state index in [0.717, 1.165) is 24.3 Å². The summed E-state index contributed by atoms with van der Waals surface area (Å²) in [7, 11) is 0. The Morgan fingerprint density at radius 3 is 2.75 bits per heavy atom. The molecule has 0 aromatic rings. The zero-order valence-corrected chi connectivity index (χ0v) is 16.1. The molecular weight excluding hydrogens is 290 g/mol. The molecule has 0 heterocycles. The number of rotatable bonds is 10. The lowest BCUT2D eigenvalue weighted by Gasteiger charge is -2.17. The molecule has 0 radical (unpaired) electrons. The van der Waals surface area contributed by atoms with Crippen molar-refractivity contribution in [2.45, 2.75) is 72.6 Å². The van der Waals surface area contributed by atoms with Crippen molar-refractivity contribution in [2.24, 2.45) is 5.92 Å². The van der Waals surface area contributed by atoms with Gasteiger partial charge in [0.25, 0.3) is 0 Å². The van der Waals surface area contributed by atoms with Crippen molar-refractivity contribution >= 4 is 5.71 Å². The molecule has 1 heteroatoms. The molecule has 0 spiro atoms. The summed E-state index contributed by atoms with van der Waals surface area (Å²) in [4.78, 5) is 0. The van der Waals surface area contributed by atoms with E-state index < -0.39 is 0 Å². The molecule has 1 N–H and O–H groups in total. The van der Waals surface area contributed by atoms with E-state index >= 15 is 0 Å². The molecule has 0 aliphatic heterocycles. The van der Waals surface area contributed by atoms with Gasteiger partial charge < -0.3 is 5.41 Å². The van der Waals surface area contributed by atoms with Gasteiger partial charge in [-0.3, -0.25) is 0 Å². The molecule has 1 nitrogen and oxygen atoms in total. The molecule has 0 bridgehead atoms. The molecule has 0 fully saturated rings. The fourth-order valence-corrected chi connectivity index (χ4v) is 3.27. The van der Waals surface area contributed by atoms with Gasteiger partial charge in [-0.2, -0.15) is 0 Å². The topological polar surface area (TPSA) is 23.9 Å². The van der Waals surface area contributed by atoms with Gasteiger partial charge in [-0.15, -0.1) is 0 Å². The van der Waals surface area contributed by atoms with Crippen molar-refractivity contribution in [3.8, 4) is 0 Å². The van der Waals surface area contributed by atoms with E-state index in [0.29, 0.717) is 5.71 Å². The summed E-state index contributed by atoms with van der Waals surface area (Å²) in [5.41, 5.74) is 5.69. The van der Waals surface area contributed by atoms with Crippen LogP contribution in [0.15, 0.2) is 59.3 Å². The van der Waals surface area contributed by atoms with Crippen LogP contribution in [0, 0.1) is 11.3 Å². The van der Waals surface area contributed by atoms with Gasteiger partial charge in [0, 0.05) is 5.71 Å². The highest BCUT2D eigenvalue weighted by Crippen LogP contribution is 2.27. The van der Waals surface area contributed by atoms with Gasteiger partial charge >= 0.3 is 0 Å². The maximum atomic E-state index is 7.75. The first-order valence-corrected chi connectivity index (χ1v) is 9.42. The first-order valence-electron chi connectivity index (χ1n) is 9.42. The Kier molecular flexibility index (Phi) is 9.37. The van der Waals surface area contributed by atoms with Gasteiger partial charge in [0.2, 0.25) is 0 Å². The average molecular weight is 326 g/mol. The van der Waals surface area contributed by atoms with Crippen molar-refractivity contribution in [3.05, 3.63) is 59.3 Å². The van der Waals surface area contributed by atoms with Crippen molar-refractivity contribution < 1.29 is 0 Å². The van der Waals surface area contributed by atoms with Crippen LogP contribution in [0.2, 0.25) is 0 Å². The molecule has 132 valence electrons. The van der Waals surface area contributed by atoms with Crippen LogP contribution in [0.1, 0.15) is 72.6 Å². The second kappa shape index (κ2) is 11.0. The van der Waals surface area contributed by atoms with Crippen LogP contribution in [0.5, 0.6) is 0 Å². The highest BCUT2D eigenvalue weighted by molar-refractivity contribution is 5.99. The number of hydrogen-bond donors (Lipinski definition) is 1. The van der Waals surface area contributed by atoms with E-state index in [4.69, 9.17) is 5.41 Å². The monoisotopic (exact) mass is 325 g/mol. The lowest BCUT2D eigenvalue weighted by atomic mass is 9.88. The highest BCUT2D eigenvalue weighted by Gasteiger charge is 2.11. The van der Waals surface area contributed by atoms with Crippen LogP contribution >= 0.6 is 0 Å². The zero-order chi connectivity index (χ0) is 17.9. The lowest BCUT2D eigenvalue weighted by molar-refractivity contribution is 0.424. The largest absolute Gasteiger partial charge is 0.305 e. The Morgan fingerprint density at radius 2 is 2.12 bits per heavy atom. The molecule has 1 unspecified atom stereocenters. The normalized spacial score (nSPS) is 16.2. The molecule has 0 amide bonds. The molecule has 0 aromatic carbocycles.